The van der Waals surface area contributed by atoms with Gasteiger partial charge in [-0.1, -0.05) is 25.7 Å². The number of nitrogens with zero attached hydrogens (tertiary/aromatic N) is 1. The van der Waals surface area contributed by atoms with Gasteiger partial charge in [0.2, 0.25) is 0 Å². The quantitative estimate of drug-likeness (QED) is 0.714. The fourth-order valence-electron chi connectivity index (χ4n) is 2.10. The van der Waals surface area contributed by atoms with Gasteiger partial charge in [0.15, 0.2) is 0 Å². The summed E-state index contributed by atoms with van der Waals surface area (Å²) in [5, 5.41) is 12.0. The molecule has 0 aliphatic heterocycles. The van der Waals surface area contributed by atoms with Crippen LogP contribution < -0.4 is 5.32 Å². The molecule has 0 spiro atoms. The molecule has 1 saturated carbocycles. The Kier molecular flexibility index (Phi) is 4.39. The lowest BCUT2D eigenvalue weighted by atomic mass is 9.92. The topological polar surface area (TPSA) is 62.1 Å². The molecule has 0 saturated heterocycles. The van der Waals surface area contributed by atoms with Crippen LogP contribution in [-0.2, 0) is 4.74 Å². The van der Waals surface area contributed by atoms with Gasteiger partial charge in [0.1, 0.15) is 11.1 Å². The molecule has 0 heterocycles. The summed E-state index contributed by atoms with van der Waals surface area (Å²) in [7, 11) is 0. The van der Waals surface area contributed by atoms with E-state index in [1.165, 1.54) is 0 Å². The van der Waals surface area contributed by atoms with Crippen LogP contribution in [0.4, 0.5) is 4.79 Å². The van der Waals surface area contributed by atoms with Crippen molar-refractivity contribution in [1.29, 1.82) is 5.26 Å². The highest BCUT2D eigenvalue weighted by molar-refractivity contribution is 5.69. The Labute approximate surface area is 103 Å². The molecule has 0 unspecified atom stereocenters. The molecule has 0 radical (unpaired) electrons. The van der Waals surface area contributed by atoms with Gasteiger partial charge in [0.05, 0.1) is 6.07 Å². The summed E-state index contributed by atoms with van der Waals surface area (Å²) < 4.78 is 5.21. The molecule has 0 bridgehead atoms. The number of rotatable bonds is 1. The van der Waals surface area contributed by atoms with E-state index in [0.717, 1.165) is 38.5 Å². The maximum Gasteiger partial charge on any atom is 0.408 e. The van der Waals surface area contributed by atoms with Gasteiger partial charge < -0.3 is 10.1 Å². The average molecular weight is 238 g/mol. The van der Waals surface area contributed by atoms with Crippen LogP contribution in [0.3, 0.4) is 0 Å². The zero-order chi connectivity index (χ0) is 12.9. The van der Waals surface area contributed by atoms with Crippen LogP contribution >= 0.6 is 0 Å². The molecule has 4 heteroatoms. The molecule has 17 heavy (non-hydrogen) atoms. The van der Waals surface area contributed by atoms with Crippen LogP contribution in [0.25, 0.3) is 0 Å². The molecular formula is C13H22N2O2. The van der Waals surface area contributed by atoms with Crippen molar-refractivity contribution in [3.05, 3.63) is 0 Å². The molecule has 4 nitrogen and oxygen atoms in total. The Hall–Kier alpha value is -1.24. The molecule has 1 aliphatic carbocycles. The lowest BCUT2D eigenvalue weighted by molar-refractivity contribution is 0.0473. The summed E-state index contributed by atoms with van der Waals surface area (Å²) in [6, 6.07) is 2.26. The van der Waals surface area contributed by atoms with Crippen molar-refractivity contribution in [2.45, 2.75) is 70.4 Å². The number of ether oxygens (including phenoxy) is 1. The first-order valence-electron chi connectivity index (χ1n) is 6.29. The molecule has 1 aliphatic rings. The maximum absolute atomic E-state index is 11.7. The fourth-order valence-corrected chi connectivity index (χ4v) is 2.10. The zero-order valence-electron chi connectivity index (χ0n) is 11.0. The first kappa shape index (κ1) is 13.8. The summed E-state index contributed by atoms with van der Waals surface area (Å²) >= 11 is 0. The van der Waals surface area contributed by atoms with E-state index in [9.17, 15) is 10.1 Å². The molecular weight excluding hydrogens is 216 g/mol. The van der Waals surface area contributed by atoms with Crippen LogP contribution in [0.5, 0.6) is 0 Å². The number of alkyl carbamates (subject to hydrolysis) is 1. The Morgan fingerprint density at radius 3 is 2.18 bits per heavy atom. The third-order valence-electron chi connectivity index (χ3n) is 2.91. The third kappa shape index (κ3) is 4.64. The summed E-state index contributed by atoms with van der Waals surface area (Å²) in [6.07, 6.45) is 5.22. The highest BCUT2D eigenvalue weighted by Gasteiger charge is 2.34. The molecule has 1 rings (SSSR count). The first-order chi connectivity index (χ1) is 7.87. The van der Waals surface area contributed by atoms with Gasteiger partial charge >= 0.3 is 6.09 Å². The van der Waals surface area contributed by atoms with Crippen molar-refractivity contribution in [3.8, 4) is 6.07 Å². The van der Waals surface area contributed by atoms with E-state index in [4.69, 9.17) is 4.74 Å². The largest absolute Gasteiger partial charge is 0.444 e. The predicted molar refractivity (Wildman–Crippen MR) is 65.4 cm³/mol. The van der Waals surface area contributed by atoms with Crippen molar-refractivity contribution in [1.82, 2.24) is 5.32 Å². The highest BCUT2D eigenvalue weighted by Crippen LogP contribution is 2.26. The normalized spacial score (nSPS) is 19.9. The number of hydrogen-bond acceptors (Lipinski definition) is 3. The molecule has 0 atom stereocenters. The first-order valence-corrected chi connectivity index (χ1v) is 6.29. The van der Waals surface area contributed by atoms with Crippen molar-refractivity contribution >= 4 is 6.09 Å². The molecule has 0 aromatic rings. The SMILES string of the molecule is CC(C)(C)OC(=O)NC1(C#N)CCCCCC1. The monoisotopic (exact) mass is 238 g/mol. The summed E-state index contributed by atoms with van der Waals surface area (Å²) in [4.78, 5) is 11.7. The molecule has 1 N–H and O–H groups in total. The van der Waals surface area contributed by atoms with E-state index in [0.29, 0.717) is 0 Å². The minimum atomic E-state index is -0.723. The smallest absolute Gasteiger partial charge is 0.408 e. The standard InChI is InChI=1S/C13H22N2O2/c1-12(2,3)17-11(16)15-13(10-14)8-6-4-5-7-9-13/h4-9H2,1-3H3,(H,15,16). The third-order valence-corrected chi connectivity index (χ3v) is 2.91. The molecule has 1 amide bonds. The van der Waals surface area contributed by atoms with Crippen LogP contribution in [-0.4, -0.2) is 17.2 Å². The van der Waals surface area contributed by atoms with Crippen molar-refractivity contribution in [3.63, 3.8) is 0 Å². The fraction of sp³-hybridized carbons (Fsp3) is 0.846. The Morgan fingerprint density at radius 1 is 1.24 bits per heavy atom. The highest BCUT2D eigenvalue weighted by atomic mass is 16.6. The van der Waals surface area contributed by atoms with Gasteiger partial charge in [-0.05, 0) is 33.6 Å². The van der Waals surface area contributed by atoms with Gasteiger partial charge in [-0.2, -0.15) is 5.26 Å². The van der Waals surface area contributed by atoms with Crippen molar-refractivity contribution < 1.29 is 9.53 Å². The number of carbonyl (C=O) groups excluding carboxylic acids is 1. The number of carbonyl (C=O) groups is 1. The lowest BCUT2D eigenvalue weighted by Crippen LogP contribution is -2.48. The predicted octanol–water partition coefficient (Wildman–Crippen LogP) is 3.13. The lowest BCUT2D eigenvalue weighted by Gasteiger charge is -2.28. The molecule has 1 fully saturated rings. The maximum atomic E-state index is 11.7. The number of nitriles is 1. The Bertz CT molecular complexity index is 304. The minimum Gasteiger partial charge on any atom is -0.444 e. The van der Waals surface area contributed by atoms with Crippen LogP contribution in [0.1, 0.15) is 59.3 Å². The van der Waals surface area contributed by atoms with Gasteiger partial charge in [-0.25, -0.2) is 4.79 Å². The van der Waals surface area contributed by atoms with E-state index in [-0.39, 0.29) is 0 Å². The van der Waals surface area contributed by atoms with Crippen LogP contribution in [0.15, 0.2) is 0 Å². The number of amides is 1. The van der Waals surface area contributed by atoms with Crippen molar-refractivity contribution in [2.24, 2.45) is 0 Å². The van der Waals surface area contributed by atoms with E-state index >= 15 is 0 Å². The van der Waals surface area contributed by atoms with Gasteiger partial charge in [-0.15, -0.1) is 0 Å². The second-order valence-electron chi connectivity index (χ2n) is 5.74. The number of nitrogens with one attached hydrogen (secondary N) is 1. The van der Waals surface area contributed by atoms with Gasteiger partial charge in [0.25, 0.3) is 0 Å². The van der Waals surface area contributed by atoms with Crippen LogP contribution in [0, 0.1) is 11.3 Å². The average Bonchev–Trinajstić information content (AvgIpc) is 2.41. The van der Waals surface area contributed by atoms with E-state index < -0.39 is 17.2 Å². The van der Waals surface area contributed by atoms with Gasteiger partial charge in [0, 0.05) is 0 Å². The summed E-state index contributed by atoms with van der Waals surface area (Å²) in [5.74, 6) is 0. The van der Waals surface area contributed by atoms with E-state index in [2.05, 4.69) is 11.4 Å². The Balaban J connectivity index is 2.62. The number of hydrogen-bond donors (Lipinski definition) is 1. The molecule has 0 aromatic carbocycles. The van der Waals surface area contributed by atoms with E-state index in [1.807, 2.05) is 20.8 Å². The summed E-state index contributed by atoms with van der Waals surface area (Å²) in [5.41, 5.74) is -1.25. The van der Waals surface area contributed by atoms with Gasteiger partial charge in [-0.3, -0.25) is 0 Å². The molecule has 0 aromatic heterocycles. The summed E-state index contributed by atoms with van der Waals surface area (Å²) in [6.45, 7) is 5.45. The Morgan fingerprint density at radius 2 is 1.76 bits per heavy atom. The van der Waals surface area contributed by atoms with E-state index in [1.54, 1.807) is 0 Å². The second-order valence-corrected chi connectivity index (χ2v) is 5.74. The zero-order valence-corrected chi connectivity index (χ0v) is 11.0. The molecule has 96 valence electrons. The van der Waals surface area contributed by atoms with Crippen molar-refractivity contribution in [2.75, 3.05) is 0 Å². The second kappa shape index (κ2) is 5.39. The minimum absolute atomic E-state index is 0.485. The van der Waals surface area contributed by atoms with Crippen LogP contribution in [0.2, 0.25) is 0 Å².